The van der Waals surface area contributed by atoms with E-state index in [4.69, 9.17) is 9.57 Å². The minimum Gasteiger partial charge on any atom is -0.389 e. The number of hydrogen-bond acceptors (Lipinski definition) is 6. The van der Waals surface area contributed by atoms with Gasteiger partial charge >= 0.3 is 0 Å². The molecule has 0 saturated carbocycles. The summed E-state index contributed by atoms with van der Waals surface area (Å²) in [7, 11) is -3.77. The topological polar surface area (TPSA) is 94.1 Å². The van der Waals surface area contributed by atoms with Gasteiger partial charge in [0.25, 0.3) is 0 Å². The van der Waals surface area contributed by atoms with Gasteiger partial charge in [0.2, 0.25) is 10.0 Å². The van der Waals surface area contributed by atoms with Gasteiger partial charge < -0.3 is 9.57 Å². The molecule has 1 N–H and O–H groups in total. The summed E-state index contributed by atoms with van der Waals surface area (Å²) in [5.74, 6) is -0.305. The minimum atomic E-state index is -3.77. The first-order chi connectivity index (χ1) is 11.4. The molecule has 0 aromatic heterocycles. The van der Waals surface area contributed by atoms with Crippen molar-refractivity contribution in [3.63, 3.8) is 0 Å². The van der Waals surface area contributed by atoms with E-state index >= 15 is 0 Å². The lowest BCUT2D eigenvalue weighted by Crippen LogP contribution is -2.25. The highest BCUT2D eigenvalue weighted by Crippen LogP contribution is 2.14. The van der Waals surface area contributed by atoms with Crippen molar-refractivity contribution in [2.75, 3.05) is 26.4 Å². The van der Waals surface area contributed by atoms with Gasteiger partial charge in [-0.3, -0.25) is 4.79 Å². The van der Waals surface area contributed by atoms with Crippen LogP contribution < -0.4 is 4.72 Å². The maximum absolute atomic E-state index is 12.1. The molecule has 2 rings (SSSR count). The van der Waals surface area contributed by atoms with Crippen LogP contribution in [-0.2, 0) is 24.4 Å². The van der Waals surface area contributed by atoms with E-state index in [9.17, 15) is 17.6 Å². The van der Waals surface area contributed by atoms with Crippen LogP contribution in [0.4, 0.5) is 4.39 Å². The van der Waals surface area contributed by atoms with E-state index in [1.165, 1.54) is 31.2 Å². The van der Waals surface area contributed by atoms with Gasteiger partial charge in [0.1, 0.15) is 6.67 Å². The summed E-state index contributed by atoms with van der Waals surface area (Å²) in [5.41, 5.74) is 0.536. The fourth-order valence-corrected chi connectivity index (χ4v) is 3.10. The number of hydrogen-bond donors (Lipinski definition) is 1. The van der Waals surface area contributed by atoms with Crippen molar-refractivity contribution in [2.24, 2.45) is 5.16 Å². The van der Waals surface area contributed by atoms with Gasteiger partial charge in [0, 0.05) is 25.5 Å². The summed E-state index contributed by atoms with van der Waals surface area (Å²) in [6, 6.07) is 5.57. The number of nitrogens with zero attached hydrogens (tertiary/aromatic N) is 1. The highest BCUT2D eigenvalue weighted by Gasteiger charge is 2.19. The number of nitrogens with one attached hydrogen (secondary N) is 1. The van der Waals surface area contributed by atoms with E-state index in [1.807, 2.05) is 0 Å². The average Bonchev–Trinajstić information content (AvgIpc) is 3.07. The van der Waals surface area contributed by atoms with E-state index in [2.05, 4.69) is 9.88 Å². The number of ether oxygens (including phenoxy) is 1. The van der Waals surface area contributed by atoms with Crippen LogP contribution >= 0.6 is 0 Å². The molecule has 0 unspecified atom stereocenters. The summed E-state index contributed by atoms with van der Waals surface area (Å²) in [5, 5.41) is 3.89. The molecule has 1 heterocycles. The largest absolute Gasteiger partial charge is 0.389 e. The second-order valence-corrected chi connectivity index (χ2v) is 6.97. The van der Waals surface area contributed by atoms with Gasteiger partial charge in [0.15, 0.2) is 17.6 Å². The van der Waals surface area contributed by atoms with E-state index in [0.717, 1.165) is 0 Å². The molecule has 1 fully saturated rings. The molecular formula is C15H19FN2O5S. The second kappa shape index (κ2) is 8.32. The molecule has 9 heteroatoms. The maximum atomic E-state index is 12.1. The Morgan fingerprint density at radius 1 is 1.42 bits per heavy atom. The number of sulfonamides is 1. The normalized spacial score (nSPS) is 18.6. The Morgan fingerprint density at radius 3 is 2.67 bits per heavy atom. The predicted molar refractivity (Wildman–Crippen MR) is 85.1 cm³/mol. The van der Waals surface area contributed by atoms with Gasteiger partial charge in [-0.2, -0.15) is 0 Å². The molecule has 7 nitrogen and oxygen atoms in total. The number of halogens is 1. The fourth-order valence-electron chi connectivity index (χ4n) is 2.09. The Balaban J connectivity index is 2.16. The Hall–Kier alpha value is -1.84. The first-order valence-corrected chi connectivity index (χ1v) is 8.91. The van der Waals surface area contributed by atoms with Gasteiger partial charge in [-0.1, -0.05) is 17.3 Å². The molecule has 0 amide bonds. The Kier molecular flexibility index (Phi) is 6.41. The lowest BCUT2D eigenvalue weighted by atomic mass is 10.1. The van der Waals surface area contributed by atoms with Crippen molar-refractivity contribution in [3.8, 4) is 0 Å². The van der Waals surface area contributed by atoms with Gasteiger partial charge in [-0.15, -0.1) is 0 Å². The van der Waals surface area contributed by atoms with Crippen molar-refractivity contribution in [1.82, 2.24) is 4.72 Å². The minimum absolute atomic E-state index is 0.0206. The van der Waals surface area contributed by atoms with Crippen LogP contribution in [0, 0.1) is 0 Å². The van der Waals surface area contributed by atoms with Crippen molar-refractivity contribution in [3.05, 3.63) is 29.8 Å². The third kappa shape index (κ3) is 4.83. The lowest BCUT2D eigenvalue weighted by Gasteiger charge is -2.09. The van der Waals surface area contributed by atoms with Crippen molar-refractivity contribution in [1.29, 1.82) is 0 Å². The molecular weight excluding hydrogens is 339 g/mol. The maximum Gasteiger partial charge on any atom is 0.240 e. The average molecular weight is 358 g/mol. The lowest BCUT2D eigenvalue weighted by molar-refractivity contribution is -0.111. The Labute approximate surface area is 139 Å². The number of rotatable bonds is 8. The van der Waals surface area contributed by atoms with Crippen molar-refractivity contribution >= 4 is 21.5 Å². The van der Waals surface area contributed by atoms with Crippen LogP contribution in [0.1, 0.15) is 18.9 Å². The SMILES string of the molecule is CC(=O)/C(=N/O[C@@H]1CCOC1)c1ccc(S(=O)(=O)NCCF)cc1. The quantitative estimate of drug-likeness (QED) is 0.553. The van der Waals surface area contributed by atoms with Crippen LogP contribution in [0.25, 0.3) is 0 Å². The number of carbonyl (C=O) groups is 1. The molecule has 1 aromatic rings. The van der Waals surface area contributed by atoms with Crippen LogP contribution in [-0.4, -0.2) is 52.4 Å². The van der Waals surface area contributed by atoms with E-state index in [0.29, 0.717) is 25.2 Å². The van der Waals surface area contributed by atoms with E-state index in [-0.39, 0.29) is 29.0 Å². The number of alkyl halides is 1. The first kappa shape index (κ1) is 18.5. The smallest absolute Gasteiger partial charge is 0.240 e. The van der Waals surface area contributed by atoms with Crippen LogP contribution in [0.15, 0.2) is 34.3 Å². The molecule has 1 aliphatic rings. The Bertz CT molecular complexity index is 697. The summed E-state index contributed by atoms with van der Waals surface area (Å²) in [4.78, 5) is 17.0. The van der Waals surface area contributed by atoms with Crippen LogP contribution in [0.5, 0.6) is 0 Å². The van der Waals surface area contributed by atoms with Crippen molar-refractivity contribution < 1.29 is 27.2 Å². The molecule has 1 aliphatic heterocycles. The molecule has 0 radical (unpaired) electrons. The molecule has 0 spiro atoms. The number of ketones is 1. The number of Topliss-reactive ketones (excluding diaryl/α,β-unsaturated/α-hetero) is 1. The zero-order valence-corrected chi connectivity index (χ0v) is 14.0. The molecule has 0 bridgehead atoms. The summed E-state index contributed by atoms with van der Waals surface area (Å²) >= 11 is 0. The highest BCUT2D eigenvalue weighted by molar-refractivity contribution is 7.89. The third-order valence-corrected chi connectivity index (χ3v) is 4.82. The summed E-state index contributed by atoms with van der Waals surface area (Å²) in [6.45, 7) is 1.28. The summed E-state index contributed by atoms with van der Waals surface area (Å²) < 4.78 is 43.2. The molecule has 132 valence electrons. The standard InChI is InChI=1S/C15H19FN2O5S/c1-11(19)15(18-23-13-6-9-22-10-13)12-2-4-14(5-3-12)24(20,21)17-8-7-16/h2-5,13,17H,6-10H2,1H3/b18-15-/t13-/m1/s1. The van der Waals surface area contributed by atoms with Gasteiger partial charge in [-0.25, -0.2) is 17.5 Å². The highest BCUT2D eigenvalue weighted by atomic mass is 32.2. The summed E-state index contributed by atoms with van der Waals surface area (Å²) in [6.07, 6.45) is 0.510. The molecule has 0 aliphatic carbocycles. The molecule has 24 heavy (non-hydrogen) atoms. The van der Waals surface area contributed by atoms with E-state index < -0.39 is 16.7 Å². The predicted octanol–water partition coefficient (Wildman–Crippen LogP) is 1.03. The van der Waals surface area contributed by atoms with Crippen LogP contribution in [0.2, 0.25) is 0 Å². The Morgan fingerprint density at radius 2 is 2.12 bits per heavy atom. The molecule has 1 atom stereocenters. The van der Waals surface area contributed by atoms with Gasteiger partial charge in [-0.05, 0) is 12.1 Å². The van der Waals surface area contributed by atoms with Crippen LogP contribution in [0.3, 0.4) is 0 Å². The number of oxime groups is 1. The van der Waals surface area contributed by atoms with Gasteiger partial charge in [0.05, 0.1) is 18.1 Å². The monoisotopic (exact) mass is 358 g/mol. The third-order valence-electron chi connectivity index (χ3n) is 3.34. The second-order valence-electron chi connectivity index (χ2n) is 5.20. The van der Waals surface area contributed by atoms with Crippen molar-refractivity contribution in [2.45, 2.75) is 24.3 Å². The number of carbonyl (C=O) groups excluding carboxylic acids is 1. The molecule has 1 saturated heterocycles. The fraction of sp³-hybridized carbons (Fsp3) is 0.467. The zero-order chi connectivity index (χ0) is 17.6. The van der Waals surface area contributed by atoms with E-state index in [1.54, 1.807) is 0 Å². The molecule has 1 aromatic carbocycles. The zero-order valence-electron chi connectivity index (χ0n) is 13.2. The number of benzene rings is 1. The first-order valence-electron chi connectivity index (χ1n) is 7.42.